The second kappa shape index (κ2) is 9.99. The maximum absolute atomic E-state index is 11.9. The summed E-state index contributed by atoms with van der Waals surface area (Å²) in [5, 5.41) is 7.88. The first-order valence-corrected chi connectivity index (χ1v) is 6.70. The van der Waals surface area contributed by atoms with E-state index >= 15 is 0 Å². The van der Waals surface area contributed by atoms with Gasteiger partial charge in [0.05, 0.1) is 24.3 Å². The molecule has 7 nitrogen and oxygen atoms in total. The fourth-order valence-corrected chi connectivity index (χ4v) is 1.69. The zero-order chi connectivity index (χ0) is 15.8. The van der Waals surface area contributed by atoms with Gasteiger partial charge in [-0.05, 0) is 25.1 Å². The molecule has 5 N–H and O–H groups in total. The summed E-state index contributed by atoms with van der Waals surface area (Å²) in [5.74, 6) is -1.25. The second-order valence-electron chi connectivity index (χ2n) is 4.08. The van der Waals surface area contributed by atoms with E-state index in [4.69, 9.17) is 17.3 Å². The monoisotopic (exact) mass is 348 g/mol. The van der Waals surface area contributed by atoms with Crippen molar-refractivity contribution >= 4 is 47.4 Å². The molecular weight excluding hydrogens is 331 g/mol. The smallest absolute Gasteiger partial charge is 0.253 e. The van der Waals surface area contributed by atoms with Gasteiger partial charge in [-0.15, -0.1) is 12.4 Å². The van der Waals surface area contributed by atoms with Crippen LogP contribution in [0, 0.1) is 0 Å². The summed E-state index contributed by atoms with van der Waals surface area (Å²) >= 11 is 5.86. The van der Waals surface area contributed by atoms with Crippen LogP contribution in [-0.2, 0) is 9.59 Å². The molecule has 0 unspecified atom stereocenters. The normalized spacial score (nSPS) is 9.41. The van der Waals surface area contributed by atoms with Gasteiger partial charge >= 0.3 is 0 Å². The number of benzene rings is 1. The standard InChI is InChI=1S/C13H17ClN4O3.ClH/c1-2-16-13(21)9-5-8(14)3-4-10(9)18-12(20)7-17-11(19)6-15;/h3-5H,2,6-7,15H2,1H3,(H,16,21)(H,17,19)(H,18,20);1H. The van der Waals surface area contributed by atoms with Crippen molar-refractivity contribution in [3.05, 3.63) is 28.8 Å². The van der Waals surface area contributed by atoms with Crippen LogP contribution < -0.4 is 21.7 Å². The number of rotatable bonds is 6. The van der Waals surface area contributed by atoms with Crippen molar-refractivity contribution in [1.82, 2.24) is 10.6 Å². The first kappa shape index (κ1) is 20.2. The minimum absolute atomic E-state index is 0. The van der Waals surface area contributed by atoms with Gasteiger partial charge in [-0.1, -0.05) is 11.6 Å². The number of nitrogens with two attached hydrogens (primary N) is 1. The van der Waals surface area contributed by atoms with Crippen molar-refractivity contribution in [2.75, 3.05) is 25.0 Å². The number of carbonyl (C=O) groups excluding carboxylic acids is 3. The number of hydrogen-bond acceptors (Lipinski definition) is 4. The Kier molecular flexibility index (Phi) is 9.16. The van der Waals surface area contributed by atoms with Gasteiger partial charge in [0.15, 0.2) is 0 Å². The highest BCUT2D eigenvalue weighted by Gasteiger charge is 2.14. The molecule has 0 fully saturated rings. The van der Waals surface area contributed by atoms with Crippen LogP contribution in [0.15, 0.2) is 18.2 Å². The number of halogens is 2. The summed E-state index contributed by atoms with van der Waals surface area (Å²) in [7, 11) is 0. The molecule has 122 valence electrons. The molecule has 0 heterocycles. The topological polar surface area (TPSA) is 113 Å². The van der Waals surface area contributed by atoms with Crippen molar-refractivity contribution in [1.29, 1.82) is 0 Å². The first-order chi connectivity index (χ1) is 9.97. The number of anilines is 1. The Morgan fingerprint density at radius 2 is 1.86 bits per heavy atom. The lowest BCUT2D eigenvalue weighted by atomic mass is 10.1. The van der Waals surface area contributed by atoms with Crippen LogP contribution in [0.2, 0.25) is 5.02 Å². The summed E-state index contributed by atoms with van der Waals surface area (Å²) < 4.78 is 0. The summed E-state index contributed by atoms with van der Waals surface area (Å²) in [4.78, 5) is 34.6. The third kappa shape index (κ3) is 6.30. The quantitative estimate of drug-likeness (QED) is 0.600. The van der Waals surface area contributed by atoms with Crippen molar-refractivity contribution in [2.45, 2.75) is 6.92 Å². The third-order valence-electron chi connectivity index (χ3n) is 2.47. The summed E-state index contributed by atoms with van der Waals surface area (Å²) in [6.45, 7) is 1.81. The molecule has 0 aromatic heterocycles. The first-order valence-electron chi connectivity index (χ1n) is 6.32. The molecule has 1 aromatic carbocycles. The van der Waals surface area contributed by atoms with Gasteiger partial charge in [-0.2, -0.15) is 0 Å². The van der Waals surface area contributed by atoms with Gasteiger partial charge in [0, 0.05) is 11.6 Å². The number of carbonyl (C=O) groups is 3. The van der Waals surface area contributed by atoms with E-state index < -0.39 is 11.8 Å². The highest BCUT2D eigenvalue weighted by molar-refractivity contribution is 6.31. The van der Waals surface area contributed by atoms with Gasteiger partial charge in [0.1, 0.15) is 0 Å². The molecule has 9 heteroatoms. The Morgan fingerprint density at radius 1 is 1.18 bits per heavy atom. The lowest BCUT2D eigenvalue weighted by Crippen LogP contribution is -2.36. The van der Waals surface area contributed by atoms with Gasteiger partial charge in [0.2, 0.25) is 11.8 Å². The molecule has 0 saturated carbocycles. The highest BCUT2D eigenvalue weighted by atomic mass is 35.5. The maximum atomic E-state index is 11.9. The van der Waals surface area contributed by atoms with Gasteiger partial charge in [-0.3, -0.25) is 14.4 Å². The molecule has 0 spiro atoms. The summed E-state index contributed by atoms with van der Waals surface area (Å²) in [6, 6.07) is 4.54. The van der Waals surface area contributed by atoms with Gasteiger partial charge in [0.25, 0.3) is 5.91 Å². The van der Waals surface area contributed by atoms with Crippen LogP contribution in [0.3, 0.4) is 0 Å². The lowest BCUT2D eigenvalue weighted by molar-refractivity contribution is -0.123. The van der Waals surface area contributed by atoms with Crippen molar-refractivity contribution in [2.24, 2.45) is 5.73 Å². The van der Waals surface area contributed by atoms with Crippen molar-refractivity contribution in [3.63, 3.8) is 0 Å². The molecule has 0 bridgehead atoms. The van der Waals surface area contributed by atoms with Crippen LogP contribution >= 0.6 is 24.0 Å². The number of hydrogen-bond donors (Lipinski definition) is 4. The summed E-state index contributed by atoms with van der Waals surface area (Å²) in [6.07, 6.45) is 0. The number of amides is 3. The number of nitrogens with one attached hydrogen (secondary N) is 3. The zero-order valence-corrected chi connectivity index (χ0v) is 13.5. The van der Waals surface area contributed by atoms with Crippen molar-refractivity contribution < 1.29 is 14.4 Å². The predicted octanol–water partition coefficient (Wildman–Crippen LogP) is 0.525. The van der Waals surface area contributed by atoms with E-state index in [9.17, 15) is 14.4 Å². The van der Waals surface area contributed by atoms with Crippen LogP contribution in [0.4, 0.5) is 5.69 Å². The van der Waals surface area contributed by atoms with E-state index in [0.717, 1.165) is 0 Å². The summed E-state index contributed by atoms with van der Waals surface area (Å²) in [5.41, 5.74) is 5.68. The molecule has 0 aliphatic heterocycles. The van der Waals surface area contributed by atoms with Gasteiger partial charge in [-0.25, -0.2) is 0 Å². The van der Waals surface area contributed by atoms with E-state index in [0.29, 0.717) is 17.3 Å². The van der Waals surface area contributed by atoms with Crippen LogP contribution in [0.5, 0.6) is 0 Å². The molecule has 0 aliphatic rings. The molecular formula is C13H18Cl2N4O3. The fourth-order valence-electron chi connectivity index (χ4n) is 1.51. The SMILES string of the molecule is CCNC(=O)c1cc(Cl)ccc1NC(=O)CNC(=O)CN.Cl. The molecule has 1 aromatic rings. The van der Waals surface area contributed by atoms with Crippen LogP contribution in [0.25, 0.3) is 0 Å². The highest BCUT2D eigenvalue weighted by Crippen LogP contribution is 2.20. The van der Waals surface area contributed by atoms with Crippen LogP contribution in [-0.4, -0.2) is 37.4 Å². The van der Waals surface area contributed by atoms with E-state index in [-0.39, 0.29) is 37.0 Å². The van der Waals surface area contributed by atoms with Gasteiger partial charge < -0.3 is 21.7 Å². The Morgan fingerprint density at radius 3 is 2.45 bits per heavy atom. The average molecular weight is 349 g/mol. The van der Waals surface area contributed by atoms with E-state index in [2.05, 4.69) is 16.0 Å². The Balaban J connectivity index is 0.00000441. The third-order valence-corrected chi connectivity index (χ3v) is 2.70. The minimum atomic E-state index is -0.468. The van der Waals surface area contributed by atoms with E-state index in [1.54, 1.807) is 13.0 Å². The molecule has 22 heavy (non-hydrogen) atoms. The fraction of sp³-hybridized carbons (Fsp3) is 0.308. The van der Waals surface area contributed by atoms with E-state index in [1.807, 2.05) is 0 Å². The predicted molar refractivity (Wildman–Crippen MR) is 87.4 cm³/mol. The minimum Gasteiger partial charge on any atom is -0.352 e. The lowest BCUT2D eigenvalue weighted by Gasteiger charge is -2.11. The Bertz CT molecular complexity index is 552. The molecule has 0 atom stereocenters. The molecule has 3 amide bonds. The Labute approximate surface area is 139 Å². The average Bonchev–Trinajstić information content (AvgIpc) is 2.46. The molecule has 0 aliphatic carbocycles. The van der Waals surface area contributed by atoms with E-state index in [1.165, 1.54) is 12.1 Å². The maximum Gasteiger partial charge on any atom is 0.253 e. The van der Waals surface area contributed by atoms with Crippen molar-refractivity contribution in [3.8, 4) is 0 Å². The second-order valence-corrected chi connectivity index (χ2v) is 4.51. The Hall–Kier alpha value is -1.83. The zero-order valence-electron chi connectivity index (χ0n) is 11.9. The van der Waals surface area contributed by atoms with Crippen LogP contribution in [0.1, 0.15) is 17.3 Å². The largest absolute Gasteiger partial charge is 0.352 e. The molecule has 0 radical (unpaired) electrons. The molecule has 0 saturated heterocycles. The molecule has 1 rings (SSSR count).